The van der Waals surface area contributed by atoms with Gasteiger partial charge in [0.2, 0.25) is 0 Å². The lowest BCUT2D eigenvalue weighted by Crippen LogP contribution is -2.32. The molecule has 21 heavy (non-hydrogen) atoms. The van der Waals surface area contributed by atoms with Crippen molar-refractivity contribution in [2.45, 2.75) is 19.4 Å². The second-order valence-corrected chi connectivity index (χ2v) is 6.13. The Morgan fingerprint density at radius 1 is 1.48 bits per heavy atom. The molecule has 0 unspecified atom stereocenters. The van der Waals surface area contributed by atoms with Gasteiger partial charge in [-0.1, -0.05) is 27.2 Å². The van der Waals surface area contributed by atoms with Crippen molar-refractivity contribution < 1.29 is 4.79 Å². The number of aromatic nitrogens is 3. The highest BCUT2D eigenvalue weighted by Crippen LogP contribution is 2.19. The fourth-order valence-electron chi connectivity index (χ4n) is 2.50. The number of benzene rings is 1. The number of carbonyl (C=O) groups is 1. The lowest BCUT2D eigenvalue weighted by molar-refractivity contribution is 0.0784. The first-order chi connectivity index (χ1) is 10.1. The summed E-state index contributed by atoms with van der Waals surface area (Å²) in [7, 11) is 0. The van der Waals surface area contributed by atoms with Gasteiger partial charge in [-0.15, -0.1) is 5.10 Å². The second kappa shape index (κ2) is 5.57. The molecule has 0 spiro atoms. The van der Waals surface area contributed by atoms with Gasteiger partial charge in [0.15, 0.2) is 5.69 Å². The summed E-state index contributed by atoms with van der Waals surface area (Å²) in [5.74, 6) is -0.0957. The van der Waals surface area contributed by atoms with Crippen LogP contribution in [0, 0.1) is 6.92 Å². The molecule has 1 atom stereocenters. The minimum atomic E-state index is -0.0957. The number of hydrogen-bond acceptors (Lipinski definition) is 4. The largest absolute Gasteiger partial charge is 0.336 e. The molecule has 3 rings (SSSR count). The average molecular weight is 350 g/mol. The summed E-state index contributed by atoms with van der Waals surface area (Å²) in [6.45, 7) is 3.12. The van der Waals surface area contributed by atoms with Gasteiger partial charge in [-0.3, -0.25) is 4.79 Å². The molecule has 1 aliphatic heterocycles. The molecule has 6 nitrogen and oxygen atoms in total. The number of halogens is 1. The van der Waals surface area contributed by atoms with E-state index in [2.05, 4.69) is 26.2 Å². The summed E-state index contributed by atoms with van der Waals surface area (Å²) in [5.41, 5.74) is 7.85. The Kier molecular flexibility index (Phi) is 3.77. The van der Waals surface area contributed by atoms with Crippen LogP contribution in [0.25, 0.3) is 5.69 Å². The third-order valence-electron chi connectivity index (χ3n) is 3.66. The van der Waals surface area contributed by atoms with Crippen LogP contribution in [-0.2, 0) is 0 Å². The number of carbonyl (C=O) groups excluding carboxylic acids is 1. The highest BCUT2D eigenvalue weighted by molar-refractivity contribution is 9.10. The van der Waals surface area contributed by atoms with Crippen molar-refractivity contribution in [3.8, 4) is 5.69 Å². The Labute approximate surface area is 131 Å². The van der Waals surface area contributed by atoms with E-state index in [0.717, 1.165) is 22.3 Å². The summed E-state index contributed by atoms with van der Waals surface area (Å²) in [6.07, 6.45) is 0.838. The minimum absolute atomic E-state index is 0.0642. The van der Waals surface area contributed by atoms with Crippen LogP contribution in [0.2, 0.25) is 0 Å². The predicted molar refractivity (Wildman–Crippen MR) is 82.3 cm³/mol. The third-order valence-corrected chi connectivity index (χ3v) is 4.16. The quantitative estimate of drug-likeness (QED) is 0.891. The SMILES string of the molecule is Cc1c(C(=O)N2CC[C@@H](N)C2)nnn1-c1cccc(Br)c1. The van der Waals surface area contributed by atoms with Crippen LogP contribution in [0.4, 0.5) is 0 Å². The summed E-state index contributed by atoms with van der Waals surface area (Å²) in [4.78, 5) is 14.2. The first-order valence-corrected chi connectivity index (χ1v) is 7.58. The molecule has 0 bridgehead atoms. The number of likely N-dealkylation sites (tertiary alicyclic amines) is 1. The first kappa shape index (κ1) is 14.2. The van der Waals surface area contributed by atoms with Gasteiger partial charge in [0.25, 0.3) is 5.91 Å². The fourth-order valence-corrected chi connectivity index (χ4v) is 2.89. The van der Waals surface area contributed by atoms with Crippen LogP contribution in [0.3, 0.4) is 0 Å². The molecule has 0 aliphatic carbocycles. The number of nitrogens with two attached hydrogens (primary N) is 1. The molecule has 0 saturated carbocycles. The van der Waals surface area contributed by atoms with Gasteiger partial charge >= 0.3 is 0 Å². The molecular formula is C14H16BrN5O. The lowest BCUT2D eigenvalue weighted by atomic mass is 10.2. The molecule has 2 heterocycles. The van der Waals surface area contributed by atoms with E-state index < -0.39 is 0 Å². The molecular weight excluding hydrogens is 334 g/mol. The van der Waals surface area contributed by atoms with Crippen LogP contribution in [0.5, 0.6) is 0 Å². The van der Waals surface area contributed by atoms with Crippen molar-refractivity contribution in [2.24, 2.45) is 5.73 Å². The highest BCUT2D eigenvalue weighted by atomic mass is 79.9. The van der Waals surface area contributed by atoms with E-state index >= 15 is 0 Å². The van der Waals surface area contributed by atoms with Crippen molar-refractivity contribution in [3.05, 3.63) is 40.1 Å². The van der Waals surface area contributed by atoms with Crippen LogP contribution in [0.1, 0.15) is 22.6 Å². The maximum Gasteiger partial charge on any atom is 0.276 e. The molecule has 1 fully saturated rings. The van der Waals surface area contributed by atoms with Gasteiger partial charge in [-0.2, -0.15) is 0 Å². The summed E-state index contributed by atoms with van der Waals surface area (Å²) in [5, 5.41) is 8.16. The van der Waals surface area contributed by atoms with Crippen molar-refractivity contribution in [1.82, 2.24) is 19.9 Å². The third kappa shape index (κ3) is 2.71. The fraction of sp³-hybridized carbons (Fsp3) is 0.357. The van der Waals surface area contributed by atoms with Crippen LogP contribution in [0.15, 0.2) is 28.7 Å². The number of amides is 1. The van der Waals surface area contributed by atoms with Crippen LogP contribution < -0.4 is 5.73 Å². The van der Waals surface area contributed by atoms with E-state index in [-0.39, 0.29) is 11.9 Å². The van der Waals surface area contributed by atoms with Gasteiger partial charge < -0.3 is 10.6 Å². The topological polar surface area (TPSA) is 77.0 Å². The zero-order chi connectivity index (χ0) is 15.0. The molecule has 2 N–H and O–H groups in total. The number of nitrogens with zero attached hydrogens (tertiary/aromatic N) is 4. The highest BCUT2D eigenvalue weighted by Gasteiger charge is 2.28. The van der Waals surface area contributed by atoms with Crippen molar-refractivity contribution in [3.63, 3.8) is 0 Å². The van der Waals surface area contributed by atoms with E-state index in [1.807, 2.05) is 31.2 Å². The van der Waals surface area contributed by atoms with Gasteiger partial charge in [0, 0.05) is 23.6 Å². The van der Waals surface area contributed by atoms with E-state index in [9.17, 15) is 4.79 Å². The molecule has 1 saturated heterocycles. The normalized spacial score (nSPS) is 18.2. The Morgan fingerprint density at radius 2 is 2.29 bits per heavy atom. The Bertz CT molecular complexity index is 684. The average Bonchev–Trinajstić information content (AvgIpc) is 3.04. The van der Waals surface area contributed by atoms with Gasteiger partial charge in [0.1, 0.15) is 0 Å². The molecule has 1 amide bonds. The molecule has 2 aromatic rings. The monoisotopic (exact) mass is 349 g/mol. The maximum atomic E-state index is 12.5. The van der Waals surface area contributed by atoms with Crippen molar-refractivity contribution in [2.75, 3.05) is 13.1 Å². The van der Waals surface area contributed by atoms with Gasteiger partial charge in [0.05, 0.1) is 11.4 Å². The van der Waals surface area contributed by atoms with Gasteiger partial charge in [-0.05, 0) is 31.5 Å². The zero-order valence-electron chi connectivity index (χ0n) is 11.7. The molecule has 0 radical (unpaired) electrons. The standard InChI is InChI=1S/C14H16BrN5O/c1-9-13(14(21)19-6-5-11(16)8-19)17-18-20(9)12-4-2-3-10(15)7-12/h2-4,7,11H,5-6,8,16H2,1H3/t11-/m1/s1. The Hall–Kier alpha value is -1.73. The smallest absolute Gasteiger partial charge is 0.276 e. The van der Waals surface area contributed by atoms with E-state index in [1.165, 1.54) is 0 Å². The van der Waals surface area contributed by atoms with E-state index in [4.69, 9.17) is 5.73 Å². The van der Waals surface area contributed by atoms with Crippen molar-refractivity contribution >= 4 is 21.8 Å². The summed E-state index contributed by atoms with van der Waals surface area (Å²) < 4.78 is 2.63. The summed E-state index contributed by atoms with van der Waals surface area (Å²) >= 11 is 3.43. The lowest BCUT2D eigenvalue weighted by Gasteiger charge is -2.14. The zero-order valence-corrected chi connectivity index (χ0v) is 13.2. The minimum Gasteiger partial charge on any atom is -0.336 e. The van der Waals surface area contributed by atoms with Crippen LogP contribution in [-0.4, -0.2) is 44.9 Å². The van der Waals surface area contributed by atoms with E-state index in [0.29, 0.717) is 18.8 Å². The van der Waals surface area contributed by atoms with E-state index in [1.54, 1.807) is 9.58 Å². The first-order valence-electron chi connectivity index (χ1n) is 6.79. The summed E-state index contributed by atoms with van der Waals surface area (Å²) in [6, 6.07) is 7.78. The second-order valence-electron chi connectivity index (χ2n) is 5.22. The molecule has 7 heteroatoms. The number of rotatable bonds is 2. The molecule has 1 aromatic carbocycles. The molecule has 1 aliphatic rings. The Morgan fingerprint density at radius 3 is 2.95 bits per heavy atom. The van der Waals surface area contributed by atoms with Crippen LogP contribution >= 0.6 is 15.9 Å². The Balaban J connectivity index is 1.91. The van der Waals surface area contributed by atoms with Crippen molar-refractivity contribution in [1.29, 1.82) is 0 Å². The maximum absolute atomic E-state index is 12.5. The molecule has 1 aromatic heterocycles. The predicted octanol–water partition coefficient (Wildman–Crippen LogP) is 1.51. The molecule has 110 valence electrons. The number of hydrogen-bond donors (Lipinski definition) is 1. The van der Waals surface area contributed by atoms with Gasteiger partial charge in [-0.25, -0.2) is 4.68 Å².